The molecule has 3 rings (SSSR count). The third kappa shape index (κ3) is 4.97. The van der Waals surface area contributed by atoms with Crippen molar-refractivity contribution in [3.8, 4) is 0 Å². The number of nitrogens with zero attached hydrogens (tertiary/aromatic N) is 1. The zero-order valence-electron chi connectivity index (χ0n) is 17.5. The summed E-state index contributed by atoms with van der Waals surface area (Å²) in [6.45, 7) is 4.59. The number of hydrogen-bond acceptors (Lipinski definition) is 3. The van der Waals surface area contributed by atoms with E-state index >= 15 is 0 Å². The van der Waals surface area contributed by atoms with Crippen LogP contribution in [0.5, 0.6) is 0 Å². The van der Waals surface area contributed by atoms with Crippen molar-refractivity contribution in [3.63, 3.8) is 0 Å². The fraction of sp³-hybridized carbons (Fsp3) is 0.360. The first kappa shape index (κ1) is 21.8. The fourth-order valence-electron chi connectivity index (χ4n) is 3.82. The number of benzene rings is 2. The second-order valence-electron chi connectivity index (χ2n) is 8.36. The lowest BCUT2D eigenvalue weighted by atomic mass is 9.79. The summed E-state index contributed by atoms with van der Waals surface area (Å²) >= 11 is 0. The van der Waals surface area contributed by atoms with Crippen molar-refractivity contribution in [2.45, 2.75) is 50.7 Å². The maximum absolute atomic E-state index is 12.4. The second-order valence-corrected chi connectivity index (χ2v) is 8.36. The molecule has 2 aromatic carbocycles. The van der Waals surface area contributed by atoms with Crippen LogP contribution in [0, 0.1) is 0 Å². The van der Waals surface area contributed by atoms with Gasteiger partial charge in [-0.15, -0.1) is 0 Å². The molecule has 1 aliphatic rings. The number of carboxylic acid groups (broad SMARTS) is 1. The fourth-order valence-corrected chi connectivity index (χ4v) is 3.82. The predicted octanol–water partition coefficient (Wildman–Crippen LogP) is 3.81. The Morgan fingerprint density at radius 2 is 1.83 bits per heavy atom. The molecule has 1 aliphatic heterocycles. The molecule has 30 heavy (non-hydrogen) atoms. The molecule has 158 valence electrons. The minimum absolute atomic E-state index is 0.0305. The van der Waals surface area contributed by atoms with Crippen LogP contribution in [0.15, 0.2) is 66.7 Å². The summed E-state index contributed by atoms with van der Waals surface area (Å²) in [7, 11) is 0. The van der Waals surface area contributed by atoms with Gasteiger partial charge in [-0.1, -0.05) is 68.5 Å². The topological polar surface area (TPSA) is 77.8 Å². The van der Waals surface area contributed by atoms with Crippen LogP contribution in [0.3, 0.4) is 0 Å². The third-order valence-corrected chi connectivity index (χ3v) is 5.99. The number of aromatic carboxylic acids is 1. The number of aliphatic hydroxyl groups excluding tert-OH is 1. The Morgan fingerprint density at radius 1 is 1.17 bits per heavy atom. The van der Waals surface area contributed by atoms with E-state index in [1.165, 1.54) is 0 Å². The first-order chi connectivity index (χ1) is 14.3. The third-order valence-electron chi connectivity index (χ3n) is 5.99. The highest BCUT2D eigenvalue weighted by Gasteiger charge is 2.31. The molecular formula is C25H29NO4. The molecule has 0 saturated carbocycles. The highest BCUT2D eigenvalue weighted by Crippen LogP contribution is 2.29. The SMILES string of the molecule is CC(C)(c1ccccc1)[C@@H](O)/C=C/[C@H]1CCC(=O)N1CCc1ccc(C(=O)O)cc1. The van der Waals surface area contributed by atoms with E-state index in [1.807, 2.05) is 61.2 Å². The van der Waals surface area contributed by atoms with E-state index in [4.69, 9.17) is 5.11 Å². The van der Waals surface area contributed by atoms with Gasteiger partial charge in [-0.25, -0.2) is 4.79 Å². The average molecular weight is 408 g/mol. The minimum Gasteiger partial charge on any atom is -0.478 e. The lowest BCUT2D eigenvalue weighted by Gasteiger charge is -2.30. The minimum atomic E-state index is -0.946. The summed E-state index contributed by atoms with van der Waals surface area (Å²) in [6.07, 6.45) is 5.00. The number of aliphatic hydroxyl groups is 1. The largest absolute Gasteiger partial charge is 0.478 e. The molecule has 2 aromatic rings. The Balaban J connectivity index is 1.63. The molecule has 0 spiro atoms. The number of amides is 1. The molecule has 0 bridgehead atoms. The van der Waals surface area contributed by atoms with Gasteiger partial charge in [0.25, 0.3) is 0 Å². The van der Waals surface area contributed by atoms with Crippen LogP contribution in [0.25, 0.3) is 0 Å². The Morgan fingerprint density at radius 3 is 2.47 bits per heavy atom. The summed E-state index contributed by atoms with van der Waals surface area (Å²) in [4.78, 5) is 25.2. The summed E-state index contributed by atoms with van der Waals surface area (Å²) in [5.41, 5.74) is 1.88. The Kier molecular flexibility index (Phi) is 6.73. The summed E-state index contributed by atoms with van der Waals surface area (Å²) in [5, 5.41) is 19.8. The van der Waals surface area contributed by atoms with Gasteiger partial charge in [0.15, 0.2) is 0 Å². The van der Waals surface area contributed by atoms with E-state index in [-0.39, 0.29) is 17.5 Å². The van der Waals surface area contributed by atoms with E-state index in [0.717, 1.165) is 17.5 Å². The van der Waals surface area contributed by atoms with Crippen molar-refractivity contribution < 1.29 is 19.8 Å². The van der Waals surface area contributed by atoms with Gasteiger partial charge in [0, 0.05) is 18.4 Å². The Hall–Kier alpha value is -2.92. The van der Waals surface area contributed by atoms with Crippen molar-refractivity contribution >= 4 is 11.9 Å². The van der Waals surface area contributed by atoms with Crippen molar-refractivity contribution in [1.82, 2.24) is 4.90 Å². The quantitative estimate of drug-likeness (QED) is 0.652. The van der Waals surface area contributed by atoms with Crippen molar-refractivity contribution in [2.75, 3.05) is 6.54 Å². The normalized spacial score (nSPS) is 18.2. The Labute approximate surface area is 177 Å². The maximum Gasteiger partial charge on any atom is 0.335 e. The van der Waals surface area contributed by atoms with Gasteiger partial charge in [0.1, 0.15) is 0 Å². The van der Waals surface area contributed by atoms with Gasteiger partial charge in [-0.05, 0) is 36.1 Å². The van der Waals surface area contributed by atoms with Gasteiger partial charge in [0.2, 0.25) is 5.91 Å². The molecule has 1 fully saturated rings. The smallest absolute Gasteiger partial charge is 0.335 e. The average Bonchev–Trinajstić information content (AvgIpc) is 3.10. The molecule has 0 radical (unpaired) electrons. The highest BCUT2D eigenvalue weighted by molar-refractivity contribution is 5.87. The molecule has 1 saturated heterocycles. The number of carboxylic acids is 1. The van der Waals surface area contributed by atoms with E-state index < -0.39 is 17.5 Å². The Bertz CT molecular complexity index is 903. The van der Waals surface area contributed by atoms with E-state index in [9.17, 15) is 14.7 Å². The number of likely N-dealkylation sites (tertiary alicyclic amines) is 1. The van der Waals surface area contributed by atoms with Crippen molar-refractivity contribution in [3.05, 3.63) is 83.4 Å². The number of carbonyl (C=O) groups is 2. The van der Waals surface area contributed by atoms with Crippen LogP contribution < -0.4 is 0 Å². The molecule has 5 nitrogen and oxygen atoms in total. The molecule has 1 amide bonds. The molecule has 2 atom stereocenters. The first-order valence-corrected chi connectivity index (χ1v) is 10.3. The van der Waals surface area contributed by atoms with Gasteiger partial charge in [-0.2, -0.15) is 0 Å². The van der Waals surface area contributed by atoms with Crippen LogP contribution >= 0.6 is 0 Å². The van der Waals surface area contributed by atoms with Crippen LogP contribution in [0.2, 0.25) is 0 Å². The highest BCUT2D eigenvalue weighted by atomic mass is 16.4. The second kappa shape index (κ2) is 9.26. The van der Waals surface area contributed by atoms with Crippen molar-refractivity contribution in [2.24, 2.45) is 0 Å². The lowest BCUT2D eigenvalue weighted by Crippen LogP contribution is -2.35. The molecule has 0 aromatic heterocycles. The van der Waals surface area contributed by atoms with E-state index in [2.05, 4.69) is 0 Å². The van der Waals surface area contributed by atoms with Gasteiger partial charge in [-0.3, -0.25) is 4.79 Å². The van der Waals surface area contributed by atoms with Crippen LogP contribution in [0.4, 0.5) is 0 Å². The molecule has 2 N–H and O–H groups in total. The number of rotatable bonds is 8. The number of carbonyl (C=O) groups excluding carboxylic acids is 1. The van der Waals surface area contributed by atoms with Gasteiger partial charge < -0.3 is 15.1 Å². The standard InChI is InChI=1S/C25H29NO4/c1-25(2,20-6-4-3-5-7-20)22(27)14-12-21-13-15-23(28)26(21)17-16-18-8-10-19(11-9-18)24(29)30/h3-12,14,21-22,27H,13,15-17H2,1-2H3,(H,29,30)/b14-12+/t21-,22-/m0/s1. The number of hydrogen-bond donors (Lipinski definition) is 2. The van der Waals surface area contributed by atoms with Crippen molar-refractivity contribution in [1.29, 1.82) is 0 Å². The summed E-state index contributed by atoms with van der Waals surface area (Å²) in [6, 6.07) is 16.6. The molecule has 1 heterocycles. The predicted molar refractivity (Wildman–Crippen MR) is 116 cm³/mol. The molecular weight excluding hydrogens is 378 g/mol. The monoisotopic (exact) mass is 407 g/mol. The molecule has 0 unspecified atom stereocenters. The van der Waals surface area contributed by atoms with E-state index in [1.54, 1.807) is 24.3 Å². The first-order valence-electron chi connectivity index (χ1n) is 10.3. The lowest BCUT2D eigenvalue weighted by molar-refractivity contribution is -0.128. The summed E-state index contributed by atoms with van der Waals surface area (Å²) < 4.78 is 0. The van der Waals surface area contributed by atoms with Crippen LogP contribution in [-0.2, 0) is 16.6 Å². The summed E-state index contributed by atoms with van der Waals surface area (Å²) in [5.74, 6) is -0.831. The van der Waals surface area contributed by atoms with Crippen LogP contribution in [0.1, 0.15) is 48.2 Å². The molecule has 5 heteroatoms. The molecule has 0 aliphatic carbocycles. The zero-order valence-corrected chi connectivity index (χ0v) is 17.5. The van der Waals surface area contributed by atoms with Gasteiger partial charge >= 0.3 is 5.97 Å². The van der Waals surface area contributed by atoms with Gasteiger partial charge in [0.05, 0.1) is 17.7 Å². The van der Waals surface area contributed by atoms with Crippen LogP contribution in [-0.4, -0.2) is 45.7 Å². The zero-order chi connectivity index (χ0) is 21.7. The van der Waals surface area contributed by atoms with E-state index in [0.29, 0.717) is 19.4 Å². The maximum atomic E-state index is 12.4.